The van der Waals surface area contributed by atoms with Crippen molar-refractivity contribution in [3.05, 3.63) is 101 Å². The maximum Gasteiger partial charge on any atom is 0.242 e. The molecule has 3 aromatic carbocycles. The molecule has 0 saturated carbocycles. The predicted octanol–water partition coefficient (Wildman–Crippen LogP) is 7.92. The van der Waals surface area contributed by atoms with Crippen molar-refractivity contribution in [2.24, 2.45) is 18.4 Å². The fourth-order valence-electron chi connectivity index (χ4n) is 6.98. The van der Waals surface area contributed by atoms with Crippen LogP contribution >= 0.6 is 22.9 Å². The van der Waals surface area contributed by atoms with E-state index in [0.29, 0.717) is 28.5 Å². The van der Waals surface area contributed by atoms with Crippen LogP contribution in [0.15, 0.2) is 85.0 Å². The molecule has 6 nitrogen and oxygen atoms in total. The number of benzene rings is 3. The lowest BCUT2D eigenvalue weighted by atomic mass is 9.59. The van der Waals surface area contributed by atoms with E-state index >= 15 is 0 Å². The average Bonchev–Trinajstić information content (AvgIpc) is 3.57. The number of phenols is 1. The zero-order valence-corrected chi connectivity index (χ0v) is 25.0. The number of hydrogen-bond acceptors (Lipinski definition) is 5. The second-order valence-corrected chi connectivity index (χ2v) is 12.8. The van der Waals surface area contributed by atoms with Gasteiger partial charge in [-0.15, -0.1) is 11.3 Å². The Morgan fingerprint density at radius 2 is 1.90 bits per heavy atom. The standard InChI is InChI=1S/C34H28ClN3O3S/c1-5-19-10-13-24-32(40)38(28-17-25(36-37(28)4)31-18(2)23-16-21(35)12-15-27(23)42-31)33(41)34(24,3)30(19)29-22-9-7-6-8-20(22)11-14-26(29)39/h5-12,14-17,24,30,39H,1,13H2,2-4H3. The molecule has 2 amide bonds. The Morgan fingerprint density at radius 1 is 1.12 bits per heavy atom. The first-order valence-electron chi connectivity index (χ1n) is 13.8. The van der Waals surface area contributed by atoms with Gasteiger partial charge in [-0.1, -0.05) is 60.7 Å². The highest BCUT2D eigenvalue weighted by Crippen LogP contribution is 2.59. The zero-order chi connectivity index (χ0) is 29.5. The van der Waals surface area contributed by atoms with Crippen LogP contribution < -0.4 is 4.90 Å². The van der Waals surface area contributed by atoms with E-state index in [1.165, 1.54) is 4.90 Å². The van der Waals surface area contributed by atoms with E-state index in [4.69, 9.17) is 16.7 Å². The summed E-state index contributed by atoms with van der Waals surface area (Å²) in [7, 11) is 1.75. The van der Waals surface area contributed by atoms with Crippen LogP contribution in [0.4, 0.5) is 5.82 Å². The number of amides is 2. The number of phenolic OH excluding ortho intramolecular Hbond substituents is 1. The van der Waals surface area contributed by atoms with E-state index < -0.39 is 17.3 Å². The molecule has 2 aromatic heterocycles. The molecule has 1 saturated heterocycles. The maximum atomic E-state index is 14.6. The Morgan fingerprint density at radius 3 is 2.69 bits per heavy atom. The van der Waals surface area contributed by atoms with Crippen LogP contribution in [0.3, 0.4) is 0 Å². The molecular formula is C34H28ClN3O3S. The minimum Gasteiger partial charge on any atom is -0.508 e. The fourth-order valence-corrected chi connectivity index (χ4v) is 8.30. The second-order valence-electron chi connectivity index (χ2n) is 11.3. The number of carbonyl (C=O) groups excluding carboxylic acids is 2. The summed E-state index contributed by atoms with van der Waals surface area (Å²) in [6.45, 7) is 7.93. The number of fused-ring (bicyclic) bond motifs is 3. The van der Waals surface area contributed by atoms with E-state index in [0.717, 1.165) is 36.9 Å². The largest absolute Gasteiger partial charge is 0.508 e. The van der Waals surface area contributed by atoms with Crippen molar-refractivity contribution in [2.45, 2.75) is 26.2 Å². The number of aryl methyl sites for hydroxylation is 2. The summed E-state index contributed by atoms with van der Waals surface area (Å²) >= 11 is 7.87. The highest BCUT2D eigenvalue weighted by atomic mass is 35.5. The number of aromatic hydroxyl groups is 1. The van der Waals surface area contributed by atoms with Crippen LogP contribution in [0, 0.1) is 18.3 Å². The van der Waals surface area contributed by atoms with Gasteiger partial charge in [-0.05, 0) is 71.8 Å². The summed E-state index contributed by atoms with van der Waals surface area (Å²) in [5.74, 6) is -1.23. The van der Waals surface area contributed by atoms with Gasteiger partial charge in [0.25, 0.3) is 0 Å². The summed E-state index contributed by atoms with van der Waals surface area (Å²) in [5.41, 5.74) is 2.06. The van der Waals surface area contributed by atoms with Gasteiger partial charge < -0.3 is 5.11 Å². The van der Waals surface area contributed by atoms with Gasteiger partial charge in [0.1, 0.15) is 17.3 Å². The van der Waals surface area contributed by atoms with E-state index in [9.17, 15) is 14.7 Å². The lowest BCUT2D eigenvalue weighted by molar-refractivity contribution is -0.127. The SMILES string of the molecule is C=CC1=CCC2C(=O)N(c3cc(-c4sc5ccc(Cl)cc5c4C)nn3C)C(=O)C2(C)C1c1c(O)ccc2ccccc12. The Hall–Kier alpha value is -4.20. The molecule has 8 heteroatoms. The molecule has 3 atom stereocenters. The third-order valence-corrected chi connectivity index (χ3v) is 10.6. The number of allylic oxidation sites excluding steroid dienone is 3. The molecule has 1 N–H and O–H groups in total. The van der Waals surface area contributed by atoms with Crippen molar-refractivity contribution in [1.82, 2.24) is 9.78 Å². The number of carbonyl (C=O) groups is 2. The molecule has 3 unspecified atom stereocenters. The minimum atomic E-state index is -1.15. The van der Waals surface area contributed by atoms with Gasteiger partial charge in [0, 0.05) is 34.3 Å². The smallest absolute Gasteiger partial charge is 0.242 e. The molecule has 1 aliphatic heterocycles. The normalized spacial score (nSPS) is 22.2. The van der Waals surface area contributed by atoms with E-state index in [2.05, 4.69) is 6.58 Å². The lowest BCUT2D eigenvalue weighted by Gasteiger charge is -2.40. The molecule has 0 spiro atoms. The summed E-state index contributed by atoms with van der Waals surface area (Å²) in [6, 6.07) is 18.9. The van der Waals surface area contributed by atoms with E-state index in [-0.39, 0.29) is 17.6 Å². The van der Waals surface area contributed by atoms with Crippen LogP contribution in [0.5, 0.6) is 5.75 Å². The molecule has 0 radical (unpaired) electrons. The first kappa shape index (κ1) is 26.7. The van der Waals surface area contributed by atoms with Gasteiger partial charge in [-0.2, -0.15) is 5.10 Å². The zero-order valence-electron chi connectivity index (χ0n) is 23.4. The summed E-state index contributed by atoms with van der Waals surface area (Å²) in [6.07, 6.45) is 4.13. The number of aromatic nitrogens is 2. The first-order valence-corrected chi connectivity index (χ1v) is 15.0. The Kier molecular flexibility index (Phi) is 5.98. The molecule has 2 aliphatic rings. The Bertz CT molecular complexity index is 2020. The molecule has 210 valence electrons. The monoisotopic (exact) mass is 593 g/mol. The minimum absolute atomic E-state index is 0.0928. The van der Waals surface area contributed by atoms with Gasteiger partial charge in [-0.25, -0.2) is 4.90 Å². The first-order chi connectivity index (χ1) is 20.1. The summed E-state index contributed by atoms with van der Waals surface area (Å²) in [4.78, 5) is 31.0. The molecule has 42 heavy (non-hydrogen) atoms. The molecule has 5 aromatic rings. The summed E-state index contributed by atoms with van der Waals surface area (Å²) in [5, 5.41) is 19.5. The van der Waals surface area contributed by atoms with Gasteiger partial charge in [-0.3, -0.25) is 14.3 Å². The molecule has 0 bridgehead atoms. The van der Waals surface area contributed by atoms with Crippen LogP contribution in [0.1, 0.15) is 30.4 Å². The number of imide groups is 1. The number of halogens is 1. The Labute approximate surface area is 252 Å². The molecule has 3 heterocycles. The van der Waals surface area contributed by atoms with Crippen LogP contribution in [-0.2, 0) is 16.6 Å². The second kappa shape index (κ2) is 9.41. The molecule has 7 rings (SSSR count). The topological polar surface area (TPSA) is 75.4 Å². The highest BCUT2D eigenvalue weighted by Gasteiger charge is 2.63. The average molecular weight is 594 g/mol. The van der Waals surface area contributed by atoms with Gasteiger partial charge in [0.15, 0.2) is 0 Å². The fraction of sp³-hybridized carbons (Fsp3) is 0.206. The van der Waals surface area contributed by atoms with Gasteiger partial charge in [0.05, 0.1) is 16.2 Å². The van der Waals surface area contributed by atoms with Crippen molar-refractivity contribution >= 4 is 61.4 Å². The van der Waals surface area contributed by atoms with Crippen LogP contribution in [0.25, 0.3) is 31.4 Å². The molecular weight excluding hydrogens is 566 g/mol. The van der Waals surface area contributed by atoms with Gasteiger partial charge >= 0.3 is 0 Å². The third-order valence-electron chi connectivity index (χ3n) is 9.12. The maximum absolute atomic E-state index is 14.6. The highest BCUT2D eigenvalue weighted by molar-refractivity contribution is 7.22. The van der Waals surface area contributed by atoms with Crippen molar-refractivity contribution in [3.8, 4) is 16.3 Å². The summed E-state index contributed by atoms with van der Waals surface area (Å²) < 4.78 is 2.70. The predicted molar refractivity (Wildman–Crippen MR) is 169 cm³/mol. The van der Waals surface area contributed by atoms with Gasteiger partial charge in [0.2, 0.25) is 11.8 Å². The van der Waals surface area contributed by atoms with Crippen molar-refractivity contribution in [1.29, 1.82) is 0 Å². The van der Waals surface area contributed by atoms with Crippen molar-refractivity contribution < 1.29 is 14.7 Å². The van der Waals surface area contributed by atoms with Crippen molar-refractivity contribution in [2.75, 3.05) is 4.90 Å². The quantitative estimate of drug-likeness (QED) is 0.215. The number of rotatable bonds is 4. The third kappa shape index (κ3) is 3.60. The van der Waals surface area contributed by atoms with Crippen molar-refractivity contribution in [3.63, 3.8) is 0 Å². The number of anilines is 1. The molecule has 1 fully saturated rings. The number of hydrogen-bond donors (Lipinski definition) is 1. The number of thiophene rings is 1. The van der Waals surface area contributed by atoms with Crippen LogP contribution in [-0.4, -0.2) is 26.7 Å². The number of nitrogens with zero attached hydrogens (tertiary/aromatic N) is 3. The van der Waals surface area contributed by atoms with E-state index in [1.54, 1.807) is 35.2 Å². The lowest BCUT2D eigenvalue weighted by Crippen LogP contribution is -2.42. The van der Waals surface area contributed by atoms with E-state index in [1.807, 2.05) is 74.5 Å². The molecule has 1 aliphatic carbocycles. The van der Waals surface area contributed by atoms with Crippen LogP contribution in [0.2, 0.25) is 5.02 Å². The Balaban J connectivity index is 1.37.